The summed E-state index contributed by atoms with van der Waals surface area (Å²) in [4.78, 5) is 16.9. The van der Waals surface area contributed by atoms with Crippen molar-refractivity contribution in [2.24, 2.45) is 0 Å². The van der Waals surface area contributed by atoms with Crippen molar-refractivity contribution in [2.75, 3.05) is 24.5 Å². The number of rotatable bonds is 3. The van der Waals surface area contributed by atoms with Crippen LogP contribution in [-0.2, 0) is 0 Å². The summed E-state index contributed by atoms with van der Waals surface area (Å²) in [7, 11) is 0. The second kappa shape index (κ2) is 6.44. The van der Waals surface area contributed by atoms with Crippen LogP contribution in [0.15, 0.2) is 40.9 Å². The molecule has 1 saturated heterocycles. The zero-order valence-corrected chi connectivity index (χ0v) is 13.9. The SMILES string of the molecule is CC(C)c1cc(C(=O)N2CCN(c3ccccc3)C[C@H]2C)on1. The summed E-state index contributed by atoms with van der Waals surface area (Å²) < 4.78 is 5.25. The third kappa shape index (κ3) is 3.23. The Bertz CT molecular complexity index is 666. The van der Waals surface area contributed by atoms with Crippen molar-refractivity contribution >= 4 is 11.6 Å². The van der Waals surface area contributed by atoms with Gasteiger partial charge in [-0.3, -0.25) is 4.79 Å². The lowest BCUT2D eigenvalue weighted by molar-refractivity contribution is 0.0631. The number of carbonyl (C=O) groups is 1. The van der Waals surface area contributed by atoms with Crippen LogP contribution in [0.5, 0.6) is 0 Å². The molecule has 23 heavy (non-hydrogen) atoms. The molecule has 0 N–H and O–H groups in total. The van der Waals surface area contributed by atoms with Gasteiger partial charge in [-0.2, -0.15) is 0 Å². The van der Waals surface area contributed by atoms with E-state index in [1.807, 2.05) is 36.9 Å². The number of piperazine rings is 1. The Morgan fingerprint density at radius 2 is 2.00 bits per heavy atom. The van der Waals surface area contributed by atoms with Gasteiger partial charge in [-0.15, -0.1) is 0 Å². The average Bonchev–Trinajstić information content (AvgIpc) is 3.05. The van der Waals surface area contributed by atoms with E-state index in [1.54, 1.807) is 6.07 Å². The largest absolute Gasteiger partial charge is 0.368 e. The highest BCUT2D eigenvalue weighted by Crippen LogP contribution is 2.21. The van der Waals surface area contributed by atoms with Crippen molar-refractivity contribution in [3.63, 3.8) is 0 Å². The van der Waals surface area contributed by atoms with Crippen molar-refractivity contribution in [3.05, 3.63) is 47.9 Å². The van der Waals surface area contributed by atoms with Crippen LogP contribution in [-0.4, -0.2) is 41.6 Å². The maximum absolute atomic E-state index is 12.7. The van der Waals surface area contributed by atoms with Crippen molar-refractivity contribution in [1.29, 1.82) is 0 Å². The summed E-state index contributed by atoms with van der Waals surface area (Å²) in [5.74, 6) is 0.533. The Morgan fingerprint density at radius 3 is 2.61 bits per heavy atom. The van der Waals surface area contributed by atoms with E-state index >= 15 is 0 Å². The number of aromatic nitrogens is 1. The standard InChI is InChI=1S/C18H23N3O2/c1-13(2)16-11-17(23-19-16)18(22)21-10-9-20(12-14(21)3)15-7-5-4-6-8-15/h4-8,11,13-14H,9-10,12H2,1-3H3/t14-/m1/s1. The first-order valence-electron chi connectivity index (χ1n) is 8.14. The number of anilines is 1. The van der Waals surface area contributed by atoms with Gasteiger partial charge in [-0.25, -0.2) is 0 Å². The van der Waals surface area contributed by atoms with Crippen LogP contribution in [0.25, 0.3) is 0 Å². The first-order valence-corrected chi connectivity index (χ1v) is 8.14. The smallest absolute Gasteiger partial charge is 0.292 e. The van der Waals surface area contributed by atoms with Crippen molar-refractivity contribution in [3.8, 4) is 0 Å². The summed E-state index contributed by atoms with van der Waals surface area (Å²) in [6, 6.07) is 12.2. The second-order valence-electron chi connectivity index (χ2n) is 6.40. The highest BCUT2D eigenvalue weighted by Gasteiger charge is 2.30. The molecule has 2 heterocycles. The van der Waals surface area contributed by atoms with Gasteiger partial charge in [-0.05, 0) is 25.0 Å². The molecule has 0 spiro atoms. The molecule has 5 heteroatoms. The molecule has 1 aliphatic rings. The maximum atomic E-state index is 12.7. The second-order valence-corrected chi connectivity index (χ2v) is 6.40. The zero-order chi connectivity index (χ0) is 16.4. The fraction of sp³-hybridized carbons (Fsp3) is 0.444. The van der Waals surface area contributed by atoms with Gasteiger partial charge in [0.05, 0.1) is 5.69 Å². The van der Waals surface area contributed by atoms with E-state index in [-0.39, 0.29) is 17.9 Å². The topological polar surface area (TPSA) is 49.6 Å². The van der Waals surface area contributed by atoms with E-state index in [0.29, 0.717) is 12.3 Å². The summed E-state index contributed by atoms with van der Waals surface area (Å²) >= 11 is 0. The number of benzene rings is 1. The van der Waals surface area contributed by atoms with Crippen LogP contribution in [0, 0.1) is 0 Å². The van der Waals surface area contributed by atoms with E-state index in [2.05, 4.69) is 29.1 Å². The molecular weight excluding hydrogens is 290 g/mol. The molecule has 5 nitrogen and oxygen atoms in total. The highest BCUT2D eigenvalue weighted by molar-refractivity contribution is 5.92. The number of hydrogen-bond donors (Lipinski definition) is 0. The zero-order valence-electron chi connectivity index (χ0n) is 13.9. The summed E-state index contributed by atoms with van der Waals surface area (Å²) in [5, 5.41) is 3.99. The van der Waals surface area contributed by atoms with E-state index in [4.69, 9.17) is 4.52 Å². The Balaban J connectivity index is 1.69. The summed E-state index contributed by atoms with van der Waals surface area (Å²) in [6.07, 6.45) is 0. The average molecular weight is 313 g/mol. The lowest BCUT2D eigenvalue weighted by Gasteiger charge is -2.40. The molecule has 1 aromatic carbocycles. The van der Waals surface area contributed by atoms with Gasteiger partial charge < -0.3 is 14.3 Å². The third-order valence-corrected chi connectivity index (χ3v) is 4.34. The molecule has 0 radical (unpaired) electrons. The number of nitrogens with zero attached hydrogens (tertiary/aromatic N) is 3. The maximum Gasteiger partial charge on any atom is 0.292 e. The van der Waals surface area contributed by atoms with E-state index in [1.165, 1.54) is 5.69 Å². The van der Waals surface area contributed by atoms with Crippen LogP contribution in [0.1, 0.15) is 42.9 Å². The minimum absolute atomic E-state index is 0.0652. The number of carbonyl (C=O) groups excluding carboxylic acids is 1. The first-order chi connectivity index (χ1) is 11.1. The van der Waals surface area contributed by atoms with Crippen LogP contribution in [0.3, 0.4) is 0 Å². The minimum Gasteiger partial charge on any atom is -0.368 e. The predicted octanol–water partition coefficient (Wildman–Crippen LogP) is 3.15. The van der Waals surface area contributed by atoms with Gasteiger partial charge in [0.15, 0.2) is 0 Å². The Kier molecular flexibility index (Phi) is 4.37. The van der Waals surface area contributed by atoms with Gasteiger partial charge in [0.1, 0.15) is 0 Å². The summed E-state index contributed by atoms with van der Waals surface area (Å²) in [6.45, 7) is 8.48. The highest BCUT2D eigenvalue weighted by atomic mass is 16.5. The molecule has 122 valence electrons. The quantitative estimate of drug-likeness (QED) is 0.873. The molecule has 0 bridgehead atoms. The Morgan fingerprint density at radius 1 is 1.26 bits per heavy atom. The number of para-hydroxylation sites is 1. The molecule has 1 fully saturated rings. The molecule has 0 saturated carbocycles. The van der Waals surface area contributed by atoms with E-state index < -0.39 is 0 Å². The molecule has 3 rings (SSSR count). The van der Waals surface area contributed by atoms with Crippen molar-refractivity contribution in [1.82, 2.24) is 10.1 Å². The molecular formula is C18H23N3O2. The molecule has 1 atom stereocenters. The van der Waals surface area contributed by atoms with Crippen LogP contribution in [0.2, 0.25) is 0 Å². The lowest BCUT2D eigenvalue weighted by Crippen LogP contribution is -2.54. The van der Waals surface area contributed by atoms with Crippen LogP contribution >= 0.6 is 0 Å². The van der Waals surface area contributed by atoms with Crippen molar-refractivity contribution < 1.29 is 9.32 Å². The fourth-order valence-corrected chi connectivity index (χ4v) is 2.94. The number of amides is 1. The first kappa shape index (κ1) is 15.6. The molecule has 1 aromatic heterocycles. The third-order valence-electron chi connectivity index (χ3n) is 4.34. The molecule has 0 unspecified atom stereocenters. The molecule has 1 amide bonds. The van der Waals surface area contributed by atoms with Gasteiger partial charge in [0.2, 0.25) is 5.76 Å². The minimum atomic E-state index is -0.0652. The summed E-state index contributed by atoms with van der Waals surface area (Å²) in [5.41, 5.74) is 2.03. The van der Waals surface area contributed by atoms with Gasteiger partial charge >= 0.3 is 0 Å². The monoisotopic (exact) mass is 313 g/mol. The van der Waals surface area contributed by atoms with Gasteiger partial charge in [0.25, 0.3) is 5.91 Å². The predicted molar refractivity (Wildman–Crippen MR) is 89.7 cm³/mol. The fourth-order valence-electron chi connectivity index (χ4n) is 2.94. The van der Waals surface area contributed by atoms with E-state index in [0.717, 1.165) is 18.8 Å². The normalized spacial score (nSPS) is 18.5. The lowest BCUT2D eigenvalue weighted by atomic mass is 10.1. The Labute approximate surface area is 136 Å². The van der Waals surface area contributed by atoms with Gasteiger partial charge in [0, 0.05) is 37.4 Å². The van der Waals surface area contributed by atoms with Gasteiger partial charge in [-0.1, -0.05) is 37.2 Å². The van der Waals surface area contributed by atoms with Crippen molar-refractivity contribution in [2.45, 2.75) is 32.7 Å². The molecule has 1 aliphatic heterocycles. The van der Waals surface area contributed by atoms with E-state index in [9.17, 15) is 4.79 Å². The van der Waals surface area contributed by atoms with Crippen LogP contribution in [0.4, 0.5) is 5.69 Å². The molecule has 0 aliphatic carbocycles. The van der Waals surface area contributed by atoms with Crippen LogP contribution < -0.4 is 4.90 Å². The Hall–Kier alpha value is -2.30. The molecule has 2 aromatic rings. The number of hydrogen-bond acceptors (Lipinski definition) is 4.